The van der Waals surface area contributed by atoms with E-state index in [2.05, 4.69) is 10.6 Å². The Hall–Kier alpha value is -2.05. The number of thioether (sulfide) groups is 1. The monoisotopic (exact) mass is 554 g/mol. The van der Waals surface area contributed by atoms with Gasteiger partial charge in [-0.1, -0.05) is 0 Å². The van der Waals surface area contributed by atoms with Gasteiger partial charge in [0.2, 0.25) is 17.7 Å². The van der Waals surface area contributed by atoms with Crippen LogP contribution in [0.5, 0.6) is 0 Å². The number of aliphatic hydroxyl groups is 3. The molecule has 214 valence electrons. The maximum Gasteiger partial charge on any atom is 0.326 e. The Labute approximate surface area is 218 Å². The number of hydrogen-bond donors (Lipinski definition) is 8. The minimum Gasteiger partial charge on any atom is -0.480 e. The third kappa shape index (κ3) is 11.1. The van der Waals surface area contributed by atoms with E-state index >= 15 is 0 Å². The highest BCUT2D eigenvalue weighted by Gasteiger charge is 2.51. The number of aliphatic hydroxyl groups excluding tert-OH is 2. The lowest BCUT2D eigenvalue weighted by Gasteiger charge is -2.44. The van der Waals surface area contributed by atoms with Gasteiger partial charge in [0.1, 0.15) is 30.4 Å². The van der Waals surface area contributed by atoms with Crippen LogP contribution in [-0.2, 0) is 33.4 Å². The van der Waals surface area contributed by atoms with Crippen molar-refractivity contribution >= 4 is 35.5 Å². The van der Waals surface area contributed by atoms with Crippen LogP contribution in [0, 0.1) is 0 Å². The highest BCUT2D eigenvalue weighted by atomic mass is 32.2. The summed E-state index contributed by atoms with van der Waals surface area (Å²) in [5.74, 6) is -4.94. The highest BCUT2D eigenvalue weighted by molar-refractivity contribution is 7.99. The molecule has 0 saturated carbocycles. The number of carboxylic acid groups (broad SMARTS) is 1. The Balaban J connectivity index is 2.72. The molecule has 10 N–H and O–H groups in total. The van der Waals surface area contributed by atoms with Crippen LogP contribution in [-0.4, -0.2) is 118 Å². The Bertz CT molecular complexity index is 777. The molecule has 1 rings (SSSR count). The van der Waals surface area contributed by atoms with Gasteiger partial charge in [-0.3, -0.25) is 14.4 Å². The first-order chi connectivity index (χ1) is 17.3. The number of rotatable bonds is 17. The molecule has 1 fully saturated rings. The lowest BCUT2D eigenvalue weighted by Crippen LogP contribution is -2.62. The fraction of sp³-hybridized carbons (Fsp3) is 0.810. The molecule has 1 heterocycles. The molecule has 0 aromatic rings. The van der Waals surface area contributed by atoms with Crippen LogP contribution in [0.2, 0.25) is 0 Å². The zero-order valence-electron chi connectivity index (χ0n) is 20.8. The molecule has 0 unspecified atom stereocenters. The summed E-state index contributed by atoms with van der Waals surface area (Å²) in [7, 11) is 0. The molecule has 0 aromatic heterocycles. The number of carbonyl (C=O) groups excluding carboxylic acids is 3. The molecule has 0 aromatic carbocycles. The molecule has 16 heteroatoms. The van der Waals surface area contributed by atoms with Crippen LogP contribution in [0.1, 0.15) is 33.1 Å². The molecule has 0 spiro atoms. The summed E-state index contributed by atoms with van der Waals surface area (Å²) >= 11 is 1.65. The van der Waals surface area contributed by atoms with Gasteiger partial charge in [-0.2, -0.15) is 11.8 Å². The number of primary amides is 1. The number of hydrogen-bond acceptors (Lipinski definition) is 12. The predicted octanol–water partition coefficient (Wildman–Crippen LogP) is -3.40. The van der Waals surface area contributed by atoms with E-state index in [4.69, 9.17) is 30.8 Å². The lowest BCUT2D eigenvalue weighted by atomic mass is 9.97. The topological polar surface area (TPSA) is 253 Å². The summed E-state index contributed by atoms with van der Waals surface area (Å²) in [6, 6.07) is -2.83. The van der Waals surface area contributed by atoms with E-state index in [0.29, 0.717) is 13.0 Å². The van der Waals surface area contributed by atoms with Crippen LogP contribution in [0.4, 0.5) is 0 Å². The Morgan fingerprint density at radius 3 is 2.43 bits per heavy atom. The molecular formula is C21H38N4O11S. The van der Waals surface area contributed by atoms with Crippen LogP contribution in [0.15, 0.2) is 0 Å². The van der Waals surface area contributed by atoms with Crippen molar-refractivity contribution in [1.29, 1.82) is 0 Å². The third-order valence-corrected chi connectivity index (χ3v) is 6.40. The molecule has 7 atom stereocenters. The molecule has 0 aliphatic carbocycles. The molecule has 3 amide bonds. The Morgan fingerprint density at radius 1 is 1.19 bits per heavy atom. The molecular weight excluding hydrogens is 516 g/mol. The number of amides is 3. The van der Waals surface area contributed by atoms with Crippen molar-refractivity contribution in [1.82, 2.24) is 10.6 Å². The summed E-state index contributed by atoms with van der Waals surface area (Å²) in [5.41, 5.74) is 10.4. The number of aliphatic carboxylic acids is 1. The van der Waals surface area contributed by atoms with Crippen molar-refractivity contribution < 1.29 is 53.8 Å². The second-order valence-electron chi connectivity index (χ2n) is 8.47. The van der Waals surface area contributed by atoms with Crippen molar-refractivity contribution in [3.63, 3.8) is 0 Å². The van der Waals surface area contributed by atoms with E-state index in [0.717, 1.165) is 11.5 Å². The van der Waals surface area contributed by atoms with E-state index in [1.54, 1.807) is 11.8 Å². The largest absolute Gasteiger partial charge is 0.480 e. The molecule has 0 bridgehead atoms. The van der Waals surface area contributed by atoms with Gasteiger partial charge in [0.25, 0.3) is 0 Å². The maximum atomic E-state index is 12.6. The van der Waals surface area contributed by atoms with Crippen molar-refractivity contribution in [3.05, 3.63) is 0 Å². The van der Waals surface area contributed by atoms with Gasteiger partial charge in [-0.15, -0.1) is 0 Å². The van der Waals surface area contributed by atoms with Crippen molar-refractivity contribution in [2.75, 3.05) is 31.3 Å². The number of carboxylic acids is 1. The van der Waals surface area contributed by atoms with Gasteiger partial charge >= 0.3 is 5.97 Å². The second kappa shape index (κ2) is 16.0. The first-order valence-electron chi connectivity index (χ1n) is 11.7. The quantitative estimate of drug-likeness (QED) is 0.0645. The van der Waals surface area contributed by atoms with E-state index in [1.165, 1.54) is 13.8 Å². The average Bonchev–Trinajstić information content (AvgIpc) is 2.82. The van der Waals surface area contributed by atoms with Gasteiger partial charge < -0.3 is 56.7 Å². The first kappa shape index (κ1) is 33.0. The summed E-state index contributed by atoms with van der Waals surface area (Å²) in [4.78, 5) is 47.0. The van der Waals surface area contributed by atoms with Crippen LogP contribution < -0.4 is 22.1 Å². The van der Waals surface area contributed by atoms with Crippen molar-refractivity contribution in [3.8, 4) is 0 Å². The van der Waals surface area contributed by atoms with E-state index < -0.39 is 79.2 Å². The summed E-state index contributed by atoms with van der Waals surface area (Å²) in [5, 5.41) is 44.5. The van der Waals surface area contributed by atoms with Gasteiger partial charge in [0.15, 0.2) is 12.1 Å². The van der Waals surface area contributed by atoms with Crippen LogP contribution in [0.25, 0.3) is 0 Å². The third-order valence-electron chi connectivity index (χ3n) is 5.30. The molecule has 1 saturated heterocycles. The standard InChI is InChI=1S/C21H38N4O11S/c1-11(18(29)25-13(20(31)32)8-15(23)27)24-19(30)12(2)36-21(33)9-16(35-14(10-26)17(21)28)34-5-3-6-37-7-4-22/h11-14,16-17,26,28,33H,3-10,22H2,1-2H3,(H2,23,27)(H,24,30)(H,25,29)(H,31,32)/t11-,12-,13-,14+,16+,17+,21-/m0/s1. The molecule has 0 radical (unpaired) electrons. The van der Waals surface area contributed by atoms with Crippen LogP contribution >= 0.6 is 11.8 Å². The predicted molar refractivity (Wildman–Crippen MR) is 130 cm³/mol. The first-order valence-corrected chi connectivity index (χ1v) is 12.9. The lowest BCUT2D eigenvalue weighted by molar-refractivity contribution is -0.362. The smallest absolute Gasteiger partial charge is 0.326 e. The zero-order valence-corrected chi connectivity index (χ0v) is 21.6. The van der Waals surface area contributed by atoms with Gasteiger partial charge in [-0.05, 0) is 26.0 Å². The molecule has 37 heavy (non-hydrogen) atoms. The van der Waals surface area contributed by atoms with Gasteiger partial charge in [-0.25, -0.2) is 4.79 Å². The van der Waals surface area contributed by atoms with Crippen molar-refractivity contribution in [2.45, 2.75) is 75.6 Å². The number of nitrogens with two attached hydrogens (primary N) is 2. The van der Waals surface area contributed by atoms with Crippen LogP contribution in [0.3, 0.4) is 0 Å². The summed E-state index contributed by atoms with van der Waals surface area (Å²) < 4.78 is 16.5. The summed E-state index contributed by atoms with van der Waals surface area (Å²) in [6.07, 6.45) is -5.77. The Kier molecular flexibility index (Phi) is 14.3. The van der Waals surface area contributed by atoms with E-state index in [9.17, 15) is 34.5 Å². The molecule has 1 aliphatic heterocycles. The summed E-state index contributed by atoms with van der Waals surface area (Å²) in [6.45, 7) is 2.69. The maximum absolute atomic E-state index is 12.6. The molecule has 15 nitrogen and oxygen atoms in total. The average molecular weight is 555 g/mol. The minimum absolute atomic E-state index is 0.266. The fourth-order valence-corrected chi connectivity index (χ4v) is 4.03. The SMILES string of the molecule is C[C@H](NC(=O)[C@H](C)O[C@@]1(O)C[C@H](OCCCSCCN)O[C@H](CO)[C@H]1O)C(=O)N[C@@H](CC(N)=O)C(=O)O. The Morgan fingerprint density at radius 2 is 1.86 bits per heavy atom. The minimum atomic E-state index is -2.33. The number of carbonyl (C=O) groups is 4. The normalized spacial score (nSPS) is 26.1. The zero-order chi connectivity index (χ0) is 28.2. The highest BCUT2D eigenvalue weighted by Crippen LogP contribution is 2.32. The fourth-order valence-electron chi connectivity index (χ4n) is 3.34. The second-order valence-corrected chi connectivity index (χ2v) is 9.69. The molecule has 1 aliphatic rings. The van der Waals surface area contributed by atoms with Gasteiger partial charge in [0, 0.05) is 12.3 Å². The number of nitrogens with one attached hydrogen (secondary N) is 2. The number of ether oxygens (including phenoxy) is 3. The van der Waals surface area contributed by atoms with E-state index in [1.807, 2.05) is 0 Å². The van der Waals surface area contributed by atoms with Crippen molar-refractivity contribution in [2.24, 2.45) is 11.5 Å². The van der Waals surface area contributed by atoms with Gasteiger partial charge in [0.05, 0.1) is 26.1 Å². The van der Waals surface area contributed by atoms with E-state index in [-0.39, 0.29) is 13.0 Å².